The van der Waals surface area contributed by atoms with Crippen molar-refractivity contribution in [3.8, 4) is 0 Å². The molecule has 0 aliphatic rings. The summed E-state index contributed by atoms with van der Waals surface area (Å²) in [4.78, 5) is 0. The van der Waals surface area contributed by atoms with E-state index in [0.29, 0.717) is 0 Å². The molecule has 1 aromatic carbocycles. The summed E-state index contributed by atoms with van der Waals surface area (Å²) in [6.45, 7) is -1.59. The van der Waals surface area contributed by atoms with Gasteiger partial charge in [0.2, 0.25) is 0 Å². The van der Waals surface area contributed by atoms with Crippen LogP contribution in [0.15, 0.2) is 30.3 Å². The van der Waals surface area contributed by atoms with E-state index in [1.54, 1.807) is 0 Å². The lowest BCUT2D eigenvalue weighted by Crippen LogP contribution is -2.12. The van der Waals surface area contributed by atoms with Gasteiger partial charge in [-0.15, -0.1) is 0 Å². The molecule has 0 heterocycles. The van der Waals surface area contributed by atoms with Crippen LogP contribution in [0.2, 0.25) is 0 Å². The topological polar surface area (TPSA) is 40.5 Å². The smallest absolute Gasteiger partial charge is 0.392 e. The maximum atomic E-state index is 10.5. The summed E-state index contributed by atoms with van der Waals surface area (Å²) in [5.41, 5.74) is 0.965. The van der Waals surface area contributed by atoms with Crippen molar-refractivity contribution in [2.45, 2.75) is 12.8 Å². The summed E-state index contributed by atoms with van der Waals surface area (Å²) in [7, 11) is 0. The normalized spacial score (nSPS) is 10.4. The Hall–Kier alpha value is -1.07. The van der Waals surface area contributed by atoms with Gasteiger partial charge in [-0.1, -0.05) is 30.3 Å². The number of hydrogen-bond acceptors (Lipinski definition) is 2. The lowest BCUT2D eigenvalue weighted by molar-refractivity contribution is -0.159. The largest absolute Gasteiger partial charge is 0.411 e. The molecule has 0 saturated carbocycles. The molecule has 1 aromatic rings. The summed E-state index contributed by atoms with van der Waals surface area (Å²) >= 11 is 0. The summed E-state index contributed by atoms with van der Waals surface area (Å²) in [5.74, 6) is 0. The van der Waals surface area contributed by atoms with Gasteiger partial charge in [-0.05, 0) is 5.56 Å². The highest BCUT2D eigenvalue weighted by Gasteiger charge is 2.24. The lowest BCUT2D eigenvalue weighted by atomic mass is 10.2. The minimum Gasteiger partial charge on any atom is -0.392 e. The van der Waals surface area contributed by atoms with Crippen LogP contribution in [0.3, 0.4) is 0 Å². The maximum Gasteiger partial charge on any atom is 0.411 e. The van der Waals surface area contributed by atoms with E-state index in [1.165, 1.54) is 0 Å². The Morgan fingerprint density at radius 3 is 1.64 bits per heavy atom. The quantitative estimate of drug-likeness (QED) is 0.737. The summed E-state index contributed by atoms with van der Waals surface area (Å²) in [6, 6.07) is 9.52. The molecular formula is C9H11F3O2. The predicted molar refractivity (Wildman–Crippen MR) is 45.5 cm³/mol. The van der Waals surface area contributed by atoms with Gasteiger partial charge >= 0.3 is 6.18 Å². The molecule has 0 aromatic heterocycles. The van der Waals surface area contributed by atoms with Crippen LogP contribution in [0, 0.1) is 0 Å². The lowest BCUT2D eigenvalue weighted by Gasteiger charge is -1.95. The highest BCUT2D eigenvalue weighted by molar-refractivity contribution is 5.12. The van der Waals surface area contributed by atoms with Crippen LogP contribution in [0.5, 0.6) is 0 Å². The Kier molecular flexibility index (Phi) is 5.91. The number of benzene rings is 1. The molecule has 0 bridgehead atoms. The van der Waals surface area contributed by atoms with E-state index in [0.717, 1.165) is 5.56 Å². The number of alkyl halides is 3. The highest BCUT2D eigenvalue weighted by Crippen LogP contribution is 2.11. The van der Waals surface area contributed by atoms with Crippen LogP contribution in [0.1, 0.15) is 5.56 Å². The number of halogens is 3. The second-order valence-electron chi connectivity index (χ2n) is 2.42. The number of aliphatic hydroxyl groups excluding tert-OH is 2. The van der Waals surface area contributed by atoms with Gasteiger partial charge in [0.05, 0.1) is 6.61 Å². The molecule has 14 heavy (non-hydrogen) atoms. The van der Waals surface area contributed by atoms with Crippen molar-refractivity contribution < 1.29 is 23.4 Å². The summed E-state index contributed by atoms with van der Waals surface area (Å²) in [6.07, 6.45) is -4.40. The Balaban J connectivity index is 0.000000255. The Morgan fingerprint density at radius 2 is 1.43 bits per heavy atom. The molecule has 0 saturated heterocycles. The zero-order chi connectivity index (χ0) is 11.0. The monoisotopic (exact) mass is 208 g/mol. The molecule has 5 heteroatoms. The number of rotatable bonds is 1. The van der Waals surface area contributed by atoms with E-state index in [4.69, 9.17) is 10.2 Å². The van der Waals surface area contributed by atoms with E-state index in [2.05, 4.69) is 0 Å². The molecule has 0 radical (unpaired) electrons. The van der Waals surface area contributed by atoms with Gasteiger partial charge in [0, 0.05) is 0 Å². The van der Waals surface area contributed by atoms with E-state index in [1.807, 2.05) is 30.3 Å². The second kappa shape index (κ2) is 6.39. The number of aliphatic hydroxyl groups is 2. The van der Waals surface area contributed by atoms with Crippen LogP contribution in [-0.4, -0.2) is 23.0 Å². The first-order valence-electron chi connectivity index (χ1n) is 3.82. The average Bonchev–Trinajstić information content (AvgIpc) is 2.19. The molecule has 0 aliphatic carbocycles. The third-order valence-electron chi connectivity index (χ3n) is 1.20. The van der Waals surface area contributed by atoms with Gasteiger partial charge < -0.3 is 10.2 Å². The predicted octanol–water partition coefficient (Wildman–Crippen LogP) is 1.72. The fourth-order valence-electron chi connectivity index (χ4n) is 0.583. The van der Waals surface area contributed by atoms with Crippen LogP contribution in [0.4, 0.5) is 13.2 Å². The molecular weight excluding hydrogens is 197 g/mol. The van der Waals surface area contributed by atoms with Gasteiger partial charge in [-0.2, -0.15) is 13.2 Å². The third kappa shape index (κ3) is 7.57. The van der Waals surface area contributed by atoms with Crippen molar-refractivity contribution in [3.05, 3.63) is 35.9 Å². The van der Waals surface area contributed by atoms with Crippen LogP contribution >= 0.6 is 0 Å². The molecule has 0 spiro atoms. The van der Waals surface area contributed by atoms with Crippen molar-refractivity contribution in [3.63, 3.8) is 0 Å². The fourth-order valence-corrected chi connectivity index (χ4v) is 0.583. The third-order valence-corrected chi connectivity index (χ3v) is 1.20. The molecule has 0 atom stereocenters. The molecule has 1 rings (SSSR count). The van der Waals surface area contributed by atoms with E-state index in [9.17, 15) is 13.2 Å². The zero-order valence-electron chi connectivity index (χ0n) is 7.33. The van der Waals surface area contributed by atoms with Gasteiger partial charge in [0.1, 0.15) is 6.61 Å². The van der Waals surface area contributed by atoms with E-state index < -0.39 is 12.8 Å². The molecule has 2 nitrogen and oxygen atoms in total. The summed E-state index contributed by atoms with van der Waals surface area (Å²) in [5, 5.41) is 15.8. The maximum absolute atomic E-state index is 10.5. The first-order chi connectivity index (χ1) is 6.49. The standard InChI is InChI=1S/C7H8O.C2H3F3O/c8-6-7-4-2-1-3-5-7;3-2(4,5)1-6/h1-5,8H,6H2;6H,1H2. The molecule has 0 unspecified atom stereocenters. The molecule has 0 fully saturated rings. The SMILES string of the molecule is OCC(F)(F)F.OCc1ccccc1. The highest BCUT2D eigenvalue weighted by atomic mass is 19.4. The fraction of sp³-hybridized carbons (Fsp3) is 0.333. The Bertz CT molecular complexity index is 234. The van der Waals surface area contributed by atoms with Gasteiger partial charge in [-0.25, -0.2) is 0 Å². The Morgan fingerprint density at radius 1 is 1.00 bits per heavy atom. The Labute approximate surface area is 79.6 Å². The molecule has 2 N–H and O–H groups in total. The molecule has 80 valence electrons. The van der Waals surface area contributed by atoms with Crippen LogP contribution in [0.25, 0.3) is 0 Å². The second-order valence-corrected chi connectivity index (χ2v) is 2.42. The van der Waals surface area contributed by atoms with Crippen molar-refractivity contribution >= 4 is 0 Å². The van der Waals surface area contributed by atoms with Gasteiger partial charge in [0.15, 0.2) is 0 Å². The first kappa shape index (κ1) is 12.9. The first-order valence-corrected chi connectivity index (χ1v) is 3.82. The van der Waals surface area contributed by atoms with Crippen molar-refractivity contribution in [1.29, 1.82) is 0 Å². The van der Waals surface area contributed by atoms with Crippen molar-refractivity contribution in [2.24, 2.45) is 0 Å². The minimum absolute atomic E-state index is 0.140. The van der Waals surface area contributed by atoms with Crippen molar-refractivity contribution in [1.82, 2.24) is 0 Å². The van der Waals surface area contributed by atoms with Crippen LogP contribution in [-0.2, 0) is 6.61 Å². The van der Waals surface area contributed by atoms with Crippen LogP contribution < -0.4 is 0 Å². The zero-order valence-corrected chi connectivity index (χ0v) is 7.33. The average molecular weight is 208 g/mol. The number of hydrogen-bond donors (Lipinski definition) is 2. The summed E-state index contributed by atoms with van der Waals surface area (Å²) < 4.78 is 31.6. The van der Waals surface area contributed by atoms with Gasteiger partial charge in [-0.3, -0.25) is 0 Å². The minimum atomic E-state index is -4.40. The van der Waals surface area contributed by atoms with E-state index in [-0.39, 0.29) is 6.61 Å². The van der Waals surface area contributed by atoms with Gasteiger partial charge in [0.25, 0.3) is 0 Å². The van der Waals surface area contributed by atoms with Crippen molar-refractivity contribution in [2.75, 3.05) is 6.61 Å². The molecule has 0 amide bonds. The van der Waals surface area contributed by atoms with E-state index >= 15 is 0 Å². The molecule has 0 aliphatic heterocycles.